The number of nitrogens with zero attached hydrogens (tertiary/aromatic N) is 2. The van der Waals surface area contributed by atoms with Crippen LogP contribution in [0.1, 0.15) is 36.0 Å². The van der Waals surface area contributed by atoms with Gasteiger partial charge in [0, 0.05) is 37.9 Å². The number of benzene rings is 1. The summed E-state index contributed by atoms with van der Waals surface area (Å²) in [5, 5.41) is 0. The summed E-state index contributed by atoms with van der Waals surface area (Å²) in [6.07, 6.45) is 1.37. The summed E-state index contributed by atoms with van der Waals surface area (Å²) in [6, 6.07) is 8.81. The van der Waals surface area contributed by atoms with Crippen molar-refractivity contribution in [2.24, 2.45) is 0 Å². The summed E-state index contributed by atoms with van der Waals surface area (Å²) in [7, 11) is 0. The Morgan fingerprint density at radius 1 is 1.17 bits per heavy atom. The van der Waals surface area contributed by atoms with E-state index < -0.39 is 5.72 Å². The second-order valence-electron chi connectivity index (χ2n) is 6.58. The van der Waals surface area contributed by atoms with E-state index in [1.165, 1.54) is 0 Å². The molecule has 0 saturated carbocycles. The summed E-state index contributed by atoms with van der Waals surface area (Å²) in [6.45, 7) is 1.74. The van der Waals surface area contributed by atoms with Gasteiger partial charge in [-0.25, -0.2) is 0 Å². The van der Waals surface area contributed by atoms with Gasteiger partial charge in [0.25, 0.3) is 0 Å². The molecular weight excluding hydrogens is 308 g/mol. The van der Waals surface area contributed by atoms with Gasteiger partial charge in [0.1, 0.15) is 0 Å². The Labute approximate surface area is 140 Å². The molecule has 1 aromatic rings. The number of likely N-dealkylation sites (tertiary alicyclic amines) is 1. The quantitative estimate of drug-likeness (QED) is 0.779. The predicted octanol–water partition coefficient (Wildman–Crippen LogP) is 1.21. The monoisotopic (exact) mass is 328 g/mol. The minimum Gasteiger partial charge on any atom is -0.351 e. The number of carbonyl (C=O) groups excluding carboxylic acids is 3. The average molecular weight is 328 g/mol. The molecule has 6 heteroatoms. The Kier molecular flexibility index (Phi) is 3.64. The molecule has 1 spiro atoms. The summed E-state index contributed by atoms with van der Waals surface area (Å²) in [5.74, 6) is -0.0271. The third-order valence-corrected chi connectivity index (χ3v) is 5.38. The van der Waals surface area contributed by atoms with Crippen molar-refractivity contribution in [3.8, 4) is 0 Å². The Morgan fingerprint density at radius 3 is 2.75 bits per heavy atom. The number of hydrogen-bond donors (Lipinski definition) is 0. The van der Waals surface area contributed by atoms with Crippen molar-refractivity contribution >= 4 is 17.6 Å². The highest BCUT2D eigenvalue weighted by Gasteiger charge is 2.62. The van der Waals surface area contributed by atoms with Crippen molar-refractivity contribution in [1.29, 1.82) is 0 Å². The van der Waals surface area contributed by atoms with Crippen LogP contribution in [0.3, 0.4) is 0 Å². The van der Waals surface area contributed by atoms with Crippen LogP contribution in [0.4, 0.5) is 0 Å². The molecule has 1 aromatic carbocycles. The topological polar surface area (TPSA) is 66.9 Å². The summed E-state index contributed by atoms with van der Waals surface area (Å²) in [5.41, 5.74) is 0.0282. The molecule has 126 valence electrons. The number of hydrogen-bond acceptors (Lipinski definition) is 4. The number of ketones is 1. The van der Waals surface area contributed by atoms with Crippen LogP contribution in [-0.4, -0.2) is 58.9 Å². The van der Waals surface area contributed by atoms with Gasteiger partial charge < -0.3 is 14.5 Å². The first-order valence-electron chi connectivity index (χ1n) is 8.44. The van der Waals surface area contributed by atoms with Gasteiger partial charge in [-0.3, -0.25) is 14.4 Å². The maximum atomic E-state index is 12.6. The van der Waals surface area contributed by atoms with Crippen molar-refractivity contribution < 1.29 is 19.1 Å². The minimum absolute atomic E-state index is 0.0286. The van der Waals surface area contributed by atoms with Crippen molar-refractivity contribution in [2.75, 3.05) is 19.7 Å². The standard InChI is InChI=1S/C18H20N2O4/c21-14(13-4-2-1-3-5-13)6-7-16(22)19-9-8-18-15(19)12-17(23)20(18)10-11-24-18/h1-5,15H,6-12H2/t15-,18+/m1/s1. The van der Waals surface area contributed by atoms with E-state index in [-0.39, 0.29) is 36.5 Å². The maximum Gasteiger partial charge on any atom is 0.227 e. The third-order valence-electron chi connectivity index (χ3n) is 5.38. The van der Waals surface area contributed by atoms with Gasteiger partial charge in [-0.15, -0.1) is 0 Å². The number of Topliss-reactive ketones (excluding diaryl/α,β-unsaturated/α-hetero) is 1. The van der Waals surface area contributed by atoms with Crippen molar-refractivity contribution in [3.63, 3.8) is 0 Å². The lowest BCUT2D eigenvalue weighted by atomic mass is 10.0. The Bertz CT molecular complexity index is 690. The largest absolute Gasteiger partial charge is 0.351 e. The first kappa shape index (κ1) is 15.3. The van der Waals surface area contributed by atoms with E-state index in [0.29, 0.717) is 38.1 Å². The predicted molar refractivity (Wildman–Crippen MR) is 85.1 cm³/mol. The molecule has 24 heavy (non-hydrogen) atoms. The fraction of sp³-hybridized carbons (Fsp3) is 0.500. The molecule has 0 unspecified atom stereocenters. The first-order valence-corrected chi connectivity index (χ1v) is 8.44. The average Bonchev–Trinajstić information content (AvgIpc) is 3.24. The van der Waals surface area contributed by atoms with Crippen LogP contribution in [0.15, 0.2) is 30.3 Å². The zero-order valence-electron chi connectivity index (χ0n) is 13.4. The first-order chi connectivity index (χ1) is 11.6. The molecule has 3 saturated heterocycles. The van der Waals surface area contributed by atoms with Crippen LogP contribution < -0.4 is 0 Å². The Hall–Kier alpha value is -2.21. The lowest BCUT2D eigenvalue weighted by Gasteiger charge is -2.31. The molecular formula is C18H20N2O4. The fourth-order valence-electron chi connectivity index (χ4n) is 4.22. The molecule has 0 N–H and O–H groups in total. The van der Waals surface area contributed by atoms with E-state index in [9.17, 15) is 14.4 Å². The van der Waals surface area contributed by atoms with E-state index in [1.807, 2.05) is 18.2 Å². The van der Waals surface area contributed by atoms with Crippen LogP contribution in [-0.2, 0) is 14.3 Å². The Morgan fingerprint density at radius 2 is 1.96 bits per heavy atom. The fourth-order valence-corrected chi connectivity index (χ4v) is 4.22. The van der Waals surface area contributed by atoms with E-state index in [0.717, 1.165) is 0 Å². The number of carbonyl (C=O) groups is 3. The lowest BCUT2D eigenvalue weighted by molar-refractivity contribution is -0.139. The van der Waals surface area contributed by atoms with Crippen LogP contribution in [0, 0.1) is 0 Å². The van der Waals surface area contributed by atoms with Crippen molar-refractivity contribution in [2.45, 2.75) is 37.5 Å². The molecule has 3 fully saturated rings. The number of rotatable bonds is 4. The molecule has 3 heterocycles. The molecule has 3 aliphatic heterocycles. The van der Waals surface area contributed by atoms with Gasteiger partial charge in [0.2, 0.25) is 11.8 Å². The molecule has 6 nitrogen and oxygen atoms in total. The normalized spacial score (nSPS) is 28.2. The molecule has 0 aliphatic carbocycles. The minimum atomic E-state index is -0.601. The molecule has 2 atom stereocenters. The van der Waals surface area contributed by atoms with E-state index in [2.05, 4.69) is 0 Å². The van der Waals surface area contributed by atoms with Crippen LogP contribution in [0.5, 0.6) is 0 Å². The second kappa shape index (κ2) is 5.70. The van der Waals surface area contributed by atoms with E-state index >= 15 is 0 Å². The molecule has 0 aromatic heterocycles. The maximum absolute atomic E-state index is 12.6. The van der Waals surface area contributed by atoms with E-state index in [1.54, 1.807) is 21.9 Å². The van der Waals surface area contributed by atoms with Crippen LogP contribution >= 0.6 is 0 Å². The lowest BCUT2D eigenvalue weighted by Crippen LogP contribution is -2.48. The van der Waals surface area contributed by atoms with Crippen molar-refractivity contribution in [1.82, 2.24) is 9.80 Å². The zero-order valence-corrected chi connectivity index (χ0v) is 13.4. The molecule has 0 radical (unpaired) electrons. The van der Waals surface area contributed by atoms with E-state index in [4.69, 9.17) is 4.74 Å². The van der Waals surface area contributed by atoms with Gasteiger partial charge in [0.15, 0.2) is 11.5 Å². The summed E-state index contributed by atoms with van der Waals surface area (Å²) >= 11 is 0. The Balaban J connectivity index is 1.41. The summed E-state index contributed by atoms with van der Waals surface area (Å²) < 4.78 is 5.88. The van der Waals surface area contributed by atoms with Gasteiger partial charge >= 0.3 is 0 Å². The zero-order chi connectivity index (χ0) is 16.7. The highest BCUT2D eigenvalue weighted by atomic mass is 16.5. The third kappa shape index (κ3) is 2.24. The molecule has 3 aliphatic rings. The highest BCUT2D eigenvalue weighted by molar-refractivity contribution is 5.98. The SMILES string of the molecule is O=C(CCC(=O)N1CC[C@@]23OCCN2C(=O)C[C@@H]13)c1ccccc1. The van der Waals surface area contributed by atoms with Gasteiger partial charge in [0.05, 0.1) is 19.1 Å². The summed E-state index contributed by atoms with van der Waals surface area (Å²) in [4.78, 5) is 40.5. The second-order valence-corrected chi connectivity index (χ2v) is 6.58. The highest BCUT2D eigenvalue weighted by Crippen LogP contribution is 2.45. The van der Waals surface area contributed by atoms with Gasteiger partial charge in [-0.05, 0) is 0 Å². The van der Waals surface area contributed by atoms with Gasteiger partial charge in [-0.1, -0.05) is 30.3 Å². The van der Waals surface area contributed by atoms with Crippen LogP contribution in [0.2, 0.25) is 0 Å². The smallest absolute Gasteiger partial charge is 0.227 e. The molecule has 4 rings (SSSR count). The van der Waals surface area contributed by atoms with Crippen molar-refractivity contribution in [3.05, 3.63) is 35.9 Å². The number of ether oxygens (including phenoxy) is 1. The molecule has 2 amide bonds. The molecule has 0 bridgehead atoms. The van der Waals surface area contributed by atoms with Gasteiger partial charge in [-0.2, -0.15) is 0 Å². The number of amides is 2. The van der Waals surface area contributed by atoms with Crippen LogP contribution in [0.25, 0.3) is 0 Å².